The van der Waals surface area contributed by atoms with E-state index in [0.29, 0.717) is 21.7 Å². The predicted molar refractivity (Wildman–Crippen MR) is 74.4 cm³/mol. The first-order valence-corrected chi connectivity index (χ1v) is 6.52. The van der Waals surface area contributed by atoms with Crippen molar-refractivity contribution >= 4 is 29.1 Å². The van der Waals surface area contributed by atoms with Gasteiger partial charge in [-0.3, -0.25) is 4.79 Å². The summed E-state index contributed by atoms with van der Waals surface area (Å²) in [4.78, 5) is 11.6. The smallest absolute Gasteiger partial charge is 0.258 e. The molecule has 1 atom stereocenters. The highest BCUT2D eigenvalue weighted by atomic mass is 35.5. The largest absolute Gasteiger partial charge is 0.484 e. The van der Waals surface area contributed by atoms with E-state index < -0.39 is 0 Å². The molecule has 1 aromatic rings. The third-order valence-corrected chi connectivity index (χ3v) is 3.03. The molecule has 0 aliphatic carbocycles. The first kappa shape index (κ1) is 15.1. The van der Waals surface area contributed by atoms with Gasteiger partial charge in [0.1, 0.15) is 5.75 Å². The molecule has 0 aromatic heterocycles. The van der Waals surface area contributed by atoms with Gasteiger partial charge in [-0.15, -0.1) is 0 Å². The van der Waals surface area contributed by atoms with Crippen LogP contribution in [0.3, 0.4) is 0 Å². The number of rotatable bonds is 5. The van der Waals surface area contributed by atoms with E-state index in [0.717, 1.165) is 0 Å². The van der Waals surface area contributed by atoms with Gasteiger partial charge in [0.2, 0.25) is 0 Å². The fourth-order valence-electron chi connectivity index (χ4n) is 1.22. The summed E-state index contributed by atoms with van der Waals surface area (Å²) < 4.78 is 5.33. The molecular weight excluding hydrogens is 273 g/mol. The minimum atomic E-state index is -0.160. The van der Waals surface area contributed by atoms with E-state index in [1.807, 2.05) is 20.8 Å². The van der Waals surface area contributed by atoms with E-state index in [2.05, 4.69) is 5.32 Å². The van der Waals surface area contributed by atoms with Crippen LogP contribution in [0.5, 0.6) is 5.75 Å². The number of amides is 1. The third kappa shape index (κ3) is 5.15. The Labute approximate surface area is 117 Å². The van der Waals surface area contributed by atoms with E-state index >= 15 is 0 Å². The number of benzene rings is 1. The number of hydrogen-bond donors (Lipinski definition) is 1. The lowest BCUT2D eigenvalue weighted by Gasteiger charge is -2.17. The van der Waals surface area contributed by atoms with E-state index in [-0.39, 0.29) is 18.6 Å². The minimum Gasteiger partial charge on any atom is -0.484 e. The van der Waals surface area contributed by atoms with Gasteiger partial charge in [-0.1, -0.05) is 37.0 Å². The molecule has 1 unspecified atom stereocenters. The van der Waals surface area contributed by atoms with Gasteiger partial charge in [0, 0.05) is 16.1 Å². The molecule has 1 N–H and O–H groups in total. The zero-order chi connectivity index (χ0) is 13.7. The second-order valence-electron chi connectivity index (χ2n) is 4.49. The Bertz CT molecular complexity index is 401. The van der Waals surface area contributed by atoms with E-state index in [4.69, 9.17) is 27.9 Å². The summed E-state index contributed by atoms with van der Waals surface area (Å²) >= 11 is 11.7. The summed E-state index contributed by atoms with van der Waals surface area (Å²) in [5, 5.41) is 3.81. The number of ether oxygens (including phenoxy) is 1. The molecule has 0 heterocycles. The molecule has 3 nitrogen and oxygen atoms in total. The SMILES string of the molecule is CC(C)C(C)NC(=O)COc1cc(Cl)cc(Cl)c1. The monoisotopic (exact) mass is 289 g/mol. The lowest BCUT2D eigenvalue weighted by atomic mass is 10.1. The lowest BCUT2D eigenvalue weighted by Crippen LogP contribution is -2.38. The third-order valence-electron chi connectivity index (χ3n) is 2.59. The van der Waals surface area contributed by atoms with Crippen LogP contribution in [0.25, 0.3) is 0 Å². The zero-order valence-corrected chi connectivity index (χ0v) is 12.2. The molecule has 5 heteroatoms. The highest BCUT2D eigenvalue weighted by Crippen LogP contribution is 2.23. The molecular formula is C13H17Cl2NO2. The van der Waals surface area contributed by atoms with Crippen LogP contribution in [0.2, 0.25) is 10.0 Å². The minimum absolute atomic E-state index is 0.0479. The van der Waals surface area contributed by atoms with Crippen LogP contribution in [0, 0.1) is 5.92 Å². The van der Waals surface area contributed by atoms with Crippen molar-refractivity contribution in [1.29, 1.82) is 0 Å². The van der Waals surface area contributed by atoms with Gasteiger partial charge in [0.25, 0.3) is 5.91 Å². The normalized spacial score (nSPS) is 12.3. The van der Waals surface area contributed by atoms with Crippen molar-refractivity contribution in [3.05, 3.63) is 28.2 Å². The van der Waals surface area contributed by atoms with Gasteiger partial charge in [-0.05, 0) is 31.0 Å². The lowest BCUT2D eigenvalue weighted by molar-refractivity contribution is -0.124. The molecule has 0 radical (unpaired) electrons. The number of nitrogens with one attached hydrogen (secondary N) is 1. The highest BCUT2D eigenvalue weighted by molar-refractivity contribution is 6.34. The van der Waals surface area contributed by atoms with Gasteiger partial charge in [-0.25, -0.2) is 0 Å². The summed E-state index contributed by atoms with van der Waals surface area (Å²) in [6, 6.07) is 4.96. The topological polar surface area (TPSA) is 38.3 Å². The van der Waals surface area contributed by atoms with Crippen LogP contribution in [0.4, 0.5) is 0 Å². The van der Waals surface area contributed by atoms with Crippen LogP contribution in [-0.2, 0) is 4.79 Å². The second kappa shape index (κ2) is 6.86. The van der Waals surface area contributed by atoms with Crippen molar-refractivity contribution in [3.8, 4) is 5.75 Å². The van der Waals surface area contributed by atoms with Gasteiger partial charge in [0.05, 0.1) is 0 Å². The van der Waals surface area contributed by atoms with Crippen LogP contribution in [0.15, 0.2) is 18.2 Å². The highest BCUT2D eigenvalue weighted by Gasteiger charge is 2.11. The Morgan fingerprint density at radius 2 is 1.78 bits per heavy atom. The maximum atomic E-state index is 11.6. The maximum absolute atomic E-state index is 11.6. The Hall–Kier alpha value is -0.930. The fourth-order valence-corrected chi connectivity index (χ4v) is 1.73. The van der Waals surface area contributed by atoms with Crippen molar-refractivity contribution in [3.63, 3.8) is 0 Å². The van der Waals surface area contributed by atoms with Crippen molar-refractivity contribution < 1.29 is 9.53 Å². The second-order valence-corrected chi connectivity index (χ2v) is 5.37. The first-order valence-electron chi connectivity index (χ1n) is 5.76. The van der Waals surface area contributed by atoms with Crippen LogP contribution in [-0.4, -0.2) is 18.6 Å². The van der Waals surface area contributed by atoms with Crippen molar-refractivity contribution in [1.82, 2.24) is 5.32 Å². The molecule has 0 saturated carbocycles. The van der Waals surface area contributed by atoms with Gasteiger partial charge in [0.15, 0.2) is 6.61 Å². The molecule has 100 valence electrons. The molecule has 0 bridgehead atoms. The van der Waals surface area contributed by atoms with Gasteiger partial charge < -0.3 is 10.1 Å². The maximum Gasteiger partial charge on any atom is 0.258 e. The summed E-state index contributed by atoms with van der Waals surface area (Å²) in [7, 11) is 0. The molecule has 1 aromatic carbocycles. The quantitative estimate of drug-likeness (QED) is 0.900. The van der Waals surface area contributed by atoms with E-state index in [1.54, 1.807) is 18.2 Å². The van der Waals surface area contributed by atoms with Crippen LogP contribution >= 0.6 is 23.2 Å². The molecule has 0 saturated heterocycles. The Balaban J connectivity index is 2.47. The van der Waals surface area contributed by atoms with Crippen LogP contribution < -0.4 is 10.1 Å². The Morgan fingerprint density at radius 1 is 1.22 bits per heavy atom. The van der Waals surface area contributed by atoms with Crippen LogP contribution in [0.1, 0.15) is 20.8 Å². The molecule has 1 amide bonds. The zero-order valence-electron chi connectivity index (χ0n) is 10.7. The summed E-state index contributed by atoms with van der Waals surface area (Å²) in [6.45, 7) is 6.00. The molecule has 18 heavy (non-hydrogen) atoms. The Kier molecular flexibility index (Phi) is 5.76. The molecule has 1 rings (SSSR count). The molecule has 0 aliphatic rings. The predicted octanol–water partition coefficient (Wildman–Crippen LogP) is 3.53. The van der Waals surface area contributed by atoms with E-state index in [9.17, 15) is 4.79 Å². The standard InChI is InChI=1S/C13H17Cl2NO2/c1-8(2)9(3)16-13(17)7-18-12-5-10(14)4-11(15)6-12/h4-6,8-9H,7H2,1-3H3,(H,16,17). The first-order chi connectivity index (χ1) is 8.38. The summed E-state index contributed by atoms with van der Waals surface area (Å²) in [5.74, 6) is 0.710. The fraction of sp³-hybridized carbons (Fsp3) is 0.462. The van der Waals surface area contributed by atoms with E-state index in [1.165, 1.54) is 0 Å². The average molecular weight is 290 g/mol. The molecule has 0 fully saturated rings. The summed E-state index contributed by atoms with van der Waals surface area (Å²) in [6.07, 6.45) is 0. The van der Waals surface area contributed by atoms with Crippen molar-refractivity contribution in [2.45, 2.75) is 26.8 Å². The number of hydrogen-bond acceptors (Lipinski definition) is 2. The van der Waals surface area contributed by atoms with Gasteiger partial charge in [-0.2, -0.15) is 0 Å². The number of carbonyl (C=O) groups excluding carboxylic acids is 1. The van der Waals surface area contributed by atoms with Crippen molar-refractivity contribution in [2.24, 2.45) is 5.92 Å². The number of halogens is 2. The van der Waals surface area contributed by atoms with Gasteiger partial charge >= 0.3 is 0 Å². The Morgan fingerprint density at radius 3 is 2.28 bits per heavy atom. The molecule has 0 spiro atoms. The van der Waals surface area contributed by atoms with Crippen molar-refractivity contribution in [2.75, 3.05) is 6.61 Å². The molecule has 0 aliphatic heterocycles. The number of carbonyl (C=O) groups is 1. The average Bonchev–Trinajstić information content (AvgIpc) is 2.25. The summed E-state index contributed by atoms with van der Waals surface area (Å²) in [5.41, 5.74) is 0.